The van der Waals surface area contributed by atoms with Gasteiger partial charge in [-0.3, -0.25) is 8.86 Å². The van der Waals surface area contributed by atoms with Gasteiger partial charge in [-0.15, -0.1) is 0 Å². The first kappa shape index (κ1) is 26.6. The maximum Gasteiger partial charge on any atom is 0.327 e. The van der Waals surface area contributed by atoms with Crippen molar-refractivity contribution in [2.45, 2.75) is 25.3 Å². The number of para-hydroxylation sites is 1. The molecule has 4 aromatic carbocycles. The van der Waals surface area contributed by atoms with E-state index in [1.54, 1.807) is 18.2 Å². The summed E-state index contributed by atoms with van der Waals surface area (Å²) >= 11 is 2.86. The Balaban J connectivity index is 1.19. The van der Waals surface area contributed by atoms with Crippen molar-refractivity contribution in [1.29, 1.82) is 0 Å². The normalized spacial score (nSPS) is 12.8. The van der Waals surface area contributed by atoms with Crippen molar-refractivity contribution in [2.24, 2.45) is 0 Å². The summed E-state index contributed by atoms with van der Waals surface area (Å²) in [4.78, 5) is 12.2. The van der Waals surface area contributed by atoms with Gasteiger partial charge in [0.2, 0.25) is 0 Å². The summed E-state index contributed by atoms with van der Waals surface area (Å²) in [7, 11) is 0. The van der Waals surface area contributed by atoms with Gasteiger partial charge >= 0.3 is 5.97 Å². The topological polar surface area (TPSA) is 115 Å². The molecule has 4 N–H and O–H groups in total. The van der Waals surface area contributed by atoms with Gasteiger partial charge < -0.3 is 20.2 Å². The molecule has 0 saturated heterocycles. The summed E-state index contributed by atoms with van der Waals surface area (Å²) in [5.74, 6) is -1.17. The predicted octanol–water partition coefficient (Wildman–Crippen LogP) is 6.29. The van der Waals surface area contributed by atoms with Crippen molar-refractivity contribution in [1.82, 2.24) is 5.32 Å². The minimum absolute atomic E-state index is 0.179. The lowest BCUT2D eigenvalue weighted by Crippen LogP contribution is -2.42. The number of hydrogen-bond acceptors (Lipinski definition) is 4. The molecule has 5 aromatic rings. The second-order valence-electron chi connectivity index (χ2n) is 9.13. The molecule has 1 aromatic heterocycles. The molecule has 8 nitrogen and oxygen atoms in total. The highest BCUT2D eigenvalue weighted by Gasteiger charge is 2.30. The SMILES string of the molecule is O=C(O)C(CCCCNC(=S)Nc1ccc2ccccc2c1)N(c1ccc2oc3ccccc3c2c1)S(=O)O. The first-order chi connectivity index (χ1) is 18.9. The van der Waals surface area contributed by atoms with Crippen molar-refractivity contribution in [3.8, 4) is 0 Å². The van der Waals surface area contributed by atoms with E-state index in [4.69, 9.17) is 16.6 Å². The van der Waals surface area contributed by atoms with Gasteiger partial charge in [0.15, 0.2) is 5.11 Å². The first-order valence-electron chi connectivity index (χ1n) is 12.5. The van der Waals surface area contributed by atoms with Crippen LogP contribution in [0.15, 0.2) is 89.3 Å². The fourth-order valence-corrected chi connectivity index (χ4v) is 5.61. The number of fused-ring (bicyclic) bond motifs is 4. The quantitative estimate of drug-likeness (QED) is 0.0893. The summed E-state index contributed by atoms with van der Waals surface area (Å²) < 4.78 is 29.3. The molecular formula is C29H27N3O5S2. The Morgan fingerprint density at radius 2 is 1.67 bits per heavy atom. The lowest BCUT2D eigenvalue weighted by Gasteiger charge is -2.27. The molecule has 2 unspecified atom stereocenters. The highest BCUT2D eigenvalue weighted by Crippen LogP contribution is 2.33. The van der Waals surface area contributed by atoms with Crippen LogP contribution in [0.1, 0.15) is 19.3 Å². The molecule has 0 aliphatic carbocycles. The number of anilines is 2. The van der Waals surface area contributed by atoms with Gasteiger partial charge in [-0.05, 0) is 78.7 Å². The Labute approximate surface area is 233 Å². The van der Waals surface area contributed by atoms with Gasteiger partial charge in [-0.25, -0.2) is 9.00 Å². The Morgan fingerprint density at radius 3 is 2.46 bits per heavy atom. The van der Waals surface area contributed by atoms with Crippen molar-refractivity contribution in [2.75, 3.05) is 16.2 Å². The van der Waals surface area contributed by atoms with Gasteiger partial charge in [-0.1, -0.05) is 48.5 Å². The van der Waals surface area contributed by atoms with Gasteiger partial charge in [0, 0.05) is 23.0 Å². The van der Waals surface area contributed by atoms with E-state index < -0.39 is 23.3 Å². The minimum Gasteiger partial charge on any atom is -0.480 e. The molecule has 0 spiro atoms. The number of thiocarbonyl (C=S) groups is 1. The zero-order valence-corrected chi connectivity index (χ0v) is 22.5. The number of benzene rings is 4. The molecular weight excluding hydrogens is 534 g/mol. The van der Waals surface area contributed by atoms with Gasteiger partial charge in [0.1, 0.15) is 17.2 Å². The van der Waals surface area contributed by atoms with Crippen LogP contribution in [-0.4, -0.2) is 37.5 Å². The third kappa shape index (κ3) is 6.03. The molecule has 0 fully saturated rings. The number of unbranched alkanes of at least 4 members (excludes halogenated alkanes) is 1. The summed E-state index contributed by atoms with van der Waals surface area (Å²) in [6, 6.07) is 25.4. The van der Waals surface area contributed by atoms with Gasteiger partial charge in [-0.2, -0.15) is 0 Å². The van der Waals surface area contributed by atoms with Gasteiger partial charge in [0.25, 0.3) is 11.3 Å². The van der Waals surface area contributed by atoms with Crippen LogP contribution in [0.5, 0.6) is 0 Å². The number of rotatable bonds is 10. The molecule has 5 rings (SSSR count). The predicted molar refractivity (Wildman–Crippen MR) is 160 cm³/mol. The monoisotopic (exact) mass is 561 g/mol. The zero-order chi connectivity index (χ0) is 27.4. The zero-order valence-electron chi connectivity index (χ0n) is 20.9. The van der Waals surface area contributed by atoms with Crippen LogP contribution in [-0.2, 0) is 16.1 Å². The minimum atomic E-state index is -2.54. The summed E-state index contributed by atoms with van der Waals surface area (Å²) in [5, 5.41) is 20.6. The van der Waals surface area contributed by atoms with Crippen molar-refractivity contribution in [3.05, 3.63) is 84.9 Å². The largest absolute Gasteiger partial charge is 0.480 e. The van der Waals surface area contributed by atoms with Crippen LogP contribution in [0.2, 0.25) is 0 Å². The average Bonchev–Trinajstić information content (AvgIpc) is 3.30. The number of carboxylic acids is 1. The molecule has 200 valence electrons. The number of furan rings is 1. The van der Waals surface area contributed by atoms with Crippen LogP contribution in [0, 0.1) is 0 Å². The van der Waals surface area contributed by atoms with Crippen LogP contribution in [0.3, 0.4) is 0 Å². The lowest BCUT2D eigenvalue weighted by atomic mass is 10.1. The number of hydrogen-bond donors (Lipinski definition) is 4. The lowest BCUT2D eigenvalue weighted by molar-refractivity contribution is -0.138. The van der Waals surface area contributed by atoms with Crippen LogP contribution in [0.4, 0.5) is 11.4 Å². The smallest absolute Gasteiger partial charge is 0.327 e. The van der Waals surface area contributed by atoms with Gasteiger partial charge in [0.05, 0.1) is 5.69 Å². The highest BCUT2D eigenvalue weighted by molar-refractivity contribution is 7.81. The summed E-state index contributed by atoms with van der Waals surface area (Å²) in [6.07, 6.45) is 1.31. The maximum absolute atomic E-state index is 12.3. The van der Waals surface area contributed by atoms with E-state index in [9.17, 15) is 18.7 Å². The molecule has 0 aliphatic rings. The molecule has 10 heteroatoms. The molecule has 0 aliphatic heterocycles. The number of carbonyl (C=O) groups is 1. The maximum atomic E-state index is 12.3. The van der Waals surface area contributed by atoms with Crippen molar-refractivity contribution >= 4 is 78.7 Å². The molecule has 2 atom stereocenters. The van der Waals surface area contributed by atoms with Crippen LogP contribution in [0.25, 0.3) is 32.7 Å². The molecule has 0 saturated carbocycles. The second kappa shape index (κ2) is 11.8. The molecule has 1 heterocycles. The Kier molecular flexibility index (Phi) is 8.06. The molecule has 0 amide bonds. The average molecular weight is 562 g/mol. The Hall–Kier alpha value is -3.99. The van der Waals surface area contributed by atoms with Crippen molar-refractivity contribution < 1.29 is 23.1 Å². The van der Waals surface area contributed by atoms with E-state index >= 15 is 0 Å². The van der Waals surface area contributed by atoms with E-state index in [0.29, 0.717) is 41.4 Å². The number of nitrogens with one attached hydrogen (secondary N) is 2. The number of nitrogens with zero attached hydrogens (tertiary/aromatic N) is 1. The Bertz CT molecular complexity index is 1690. The third-order valence-electron chi connectivity index (χ3n) is 6.55. The van der Waals surface area contributed by atoms with E-state index in [1.807, 2.05) is 66.7 Å². The number of aliphatic carboxylic acids is 1. The summed E-state index contributed by atoms with van der Waals surface area (Å²) in [5.41, 5.74) is 2.52. The fraction of sp³-hybridized carbons (Fsp3) is 0.172. The Morgan fingerprint density at radius 1 is 0.923 bits per heavy atom. The third-order valence-corrected chi connectivity index (χ3v) is 7.60. The van der Waals surface area contributed by atoms with Crippen molar-refractivity contribution in [3.63, 3.8) is 0 Å². The van der Waals surface area contributed by atoms with Crippen LogP contribution < -0.4 is 14.9 Å². The molecule has 39 heavy (non-hydrogen) atoms. The van der Waals surface area contributed by atoms with E-state index in [2.05, 4.69) is 10.6 Å². The van der Waals surface area contributed by atoms with E-state index in [-0.39, 0.29) is 6.42 Å². The second-order valence-corrected chi connectivity index (χ2v) is 10.4. The highest BCUT2D eigenvalue weighted by atomic mass is 32.2. The number of carboxylic acid groups (broad SMARTS) is 1. The van der Waals surface area contributed by atoms with Crippen LogP contribution >= 0.6 is 12.2 Å². The summed E-state index contributed by atoms with van der Waals surface area (Å²) in [6.45, 7) is 0.529. The van der Waals surface area contributed by atoms with E-state index in [0.717, 1.165) is 31.5 Å². The molecule has 0 bridgehead atoms. The fourth-order valence-electron chi connectivity index (χ4n) is 4.68. The molecule has 0 radical (unpaired) electrons. The van der Waals surface area contributed by atoms with E-state index in [1.165, 1.54) is 0 Å². The first-order valence-corrected chi connectivity index (χ1v) is 14.0. The standard InChI is InChI=1S/C29H27N3O5S2/c33-28(34)25(10-5-6-16-30-29(38)31-21-13-12-19-7-1-2-8-20(19)17-21)32(39(35)36)22-14-15-27-24(18-22)23-9-3-4-11-26(23)37-27/h1-4,7-9,11-15,17-18,25H,5-6,10,16H2,(H,33,34)(H,35,36)(H2,30,31,38).